The molecule has 0 aliphatic carbocycles. The zero-order valence-electron chi connectivity index (χ0n) is 14.3. The highest BCUT2D eigenvalue weighted by Gasteiger charge is 2.20. The molecule has 0 radical (unpaired) electrons. The summed E-state index contributed by atoms with van der Waals surface area (Å²) in [6.07, 6.45) is 1.11. The number of hydrogen-bond donors (Lipinski definition) is 1. The van der Waals surface area contributed by atoms with Gasteiger partial charge in [0.2, 0.25) is 0 Å². The summed E-state index contributed by atoms with van der Waals surface area (Å²) in [5.74, 6) is 0. The highest BCUT2D eigenvalue weighted by molar-refractivity contribution is 5.56. The summed E-state index contributed by atoms with van der Waals surface area (Å²) in [6.45, 7) is 10.3. The Bertz CT molecular complexity index is 602. The van der Waals surface area contributed by atoms with E-state index in [0.29, 0.717) is 6.54 Å². The first-order chi connectivity index (χ1) is 10.6. The Morgan fingerprint density at radius 3 is 2.14 bits per heavy atom. The zero-order chi connectivity index (χ0) is 16.1. The van der Waals surface area contributed by atoms with Crippen LogP contribution in [0.3, 0.4) is 0 Å². The predicted octanol–water partition coefficient (Wildman–Crippen LogP) is 4.53. The second-order valence-electron chi connectivity index (χ2n) is 6.15. The molecule has 0 spiro atoms. The lowest BCUT2D eigenvalue weighted by Crippen LogP contribution is -2.35. The van der Waals surface area contributed by atoms with Crippen molar-refractivity contribution in [3.8, 4) is 0 Å². The van der Waals surface area contributed by atoms with E-state index in [0.717, 1.165) is 13.0 Å². The standard InChI is InChI=1S/C20H28N2/c1-5-12-22(19-11-8-16(3)13-17(19)4)20(14-21)18-9-6-15(2)7-10-18/h6-11,13,20H,5,12,14,21H2,1-4H3/t20-/m0/s1. The lowest BCUT2D eigenvalue weighted by atomic mass is 10.0. The normalized spacial score (nSPS) is 12.2. The number of aryl methyl sites for hydroxylation is 3. The van der Waals surface area contributed by atoms with Crippen LogP contribution in [0, 0.1) is 20.8 Å². The summed E-state index contributed by atoms with van der Waals surface area (Å²) < 4.78 is 0. The molecule has 2 aromatic carbocycles. The fourth-order valence-corrected chi connectivity index (χ4v) is 3.04. The summed E-state index contributed by atoms with van der Waals surface area (Å²) in [4.78, 5) is 2.46. The summed E-state index contributed by atoms with van der Waals surface area (Å²) in [5.41, 5.74) is 12.6. The molecule has 0 amide bonds. The van der Waals surface area contributed by atoms with Crippen LogP contribution in [0.1, 0.15) is 41.6 Å². The molecule has 2 N–H and O–H groups in total. The van der Waals surface area contributed by atoms with Gasteiger partial charge < -0.3 is 10.6 Å². The van der Waals surface area contributed by atoms with Gasteiger partial charge in [-0.2, -0.15) is 0 Å². The smallest absolute Gasteiger partial charge is 0.0664 e. The summed E-state index contributed by atoms with van der Waals surface area (Å²) >= 11 is 0. The van der Waals surface area contributed by atoms with Crippen molar-refractivity contribution in [2.24, 2.45) is 5.73 Å². The average Bonchev–Trinajstić information content (AvgIpc) is 2.49. The minimum absolute atomic E-state index is 0.224. The van der Waals surface area contributed by atoms with Crippen LogP contribution in [0.15, 0.2) is 42.5 Å². The van der Waals surface area contributed by atoms with Crippen molar-refractivity contribution >= 4 is 5.69 Å². The van der Waals surface area contributed by atoms with Crippen LogP contribution in [-0.2, 0) is 0 Å². The van der Waals surface area contributed by atoms with Crippen molar-refractivity contribution in [2.45, 2.75) is 40.2 Å². The highest BCUT2D eigenvalue weighted by atomic mass is 15.2. The topological polar surface area (TPSA) is 29.3 Å². The van der Waals surface area contributed by atoms with Crippen LogP contribution in [0.4, 0.5) is 5.69 Å². The molecule has 0 aromatic heterocycles. The number of nitrogens with zero attached hydrogens (tertiary/aromatic N) is 1. The number of rotatable bonds is 6. The second kappa shape index (κ2) is 7.46. The Morgan fingerprint density at radius 2 is 1.59 bits per heavy atom. The van der Waals surface area contributed by atoms with Gasteiger partial charge in [-0.3, -0.25) is 0 Å². The largest absolute Gasteiger partial charge is 0.363 e. The molecule has 118 valence electrons. The molecule has 2 nitrogen and oxygen atoms in total. The SMILES string of the molecule is CCCN(c1ccc(C)cc1C)[C@@H](CN)c1ccc(C)cc1. The molecular formula is C20H28N2. The maximum atomic E-state index is 6.15. The van der Waals surface area contributed by atoms with Gasteiger partial charge in [-0.05, 0) is 44.4 Å². The van der Waals surface area contributed by atoms with E-state index in [1.54, 1.807) is 0 Å². The Hall–Kier alpha value is -1.80. The number of hydrogen-bond acceptors (Lipinski definition) is 2. The van der Waals surface area contributed by atoms with Gasteiger partial charge in [0, 0.05) is 18.8 Å². The van der Waals surface area contributed by atoms with E-state index < -0.39 is 0 Å². The van der Waals surface area contributed by atoms with Gasteiger partial charge in [-0.25, -0.2) is 0 Å². The van der Waals surface area contributed by atoms with Crippen molar-refractivity contribution in [3.63, 3.8) is 0 Å². The third-order valence-electron chi connectivity index (χ3n) is 4.19. The minimum Gasteiger partial charge on any atom is -0.363 e. The van der Waals surface area contributed by atoms with Gasteiger partial charge >= 0.3 is 0 Å². The first-order valence-corrected chi connectivity index (χ1v) is 8.17. The predicted molar refractivity (Wildman–Crippen MR) is 96.5 cm³/mol. The first kappa shape index (κ1) is 16.6. The van der Waals surface area contributed by atoms with Crippen LogP contribution >= 0.6 is 0 Å². The molecule has 2 aromatic rings. The summed E-state index contributed by atoms with van der Waals surface area (Å²) in [6, 6.07) is 15.7. The van der Waals surface area contributed by atoms with Crippen molar-refractivity contribution < 1.29 is 0 Å². The van der Waals surface area contributed by atoms with E-state index >= 15 is 0 Å². The zero-order valence-corrected chi connectivity index (χ0v) is 14.3. The van der Waals surface area contributed by atoms with Crippen molar-refractivity contribution in [2.75, 3.05) is 18.0 Å². The van der Waals surface area contributed by atoms with Gasteiger partial charge in [0.1, 0.15) is 0 Å². The molecule has 0 unspecified atom stereocenters. The van der Waals surface area contributed by atoms with E-state index in [1.165, 1.54) is 27.9 Å². The lowest BCUT2D eigenvalue weighted by Gasteiger charge is -2.34. The number of benzene rings is 2. The van der Waals surface area contributed by atoms with Gasteiger partial charge in [0.05, 0.1) is 6.04 Å². The fraction of sp³-hybridized carbons (Fsp3) is 0.400. The molecule has 0 saturated carbocycles. The van der Waals surface area contributed by atoms with E-state index in [4.69, 9.17) is 5.73 Å². The minimum atomic E-state index is 0.224. The van der Waals surface area contributed by atoms with Gasteiger partial charge in [0.15, 0.2) is 0 Å². The lowest BCUT2D eigenvalue weighted by molar-refractivity contribution is 0.619. The van der Waals surface area contributed by atoms with Crippen LogP contribution in [0.25, 0.3) is 0 Å². The van der Waals surface area contributed by atoms with Crippen LogP contribution in [0.5, 0.6) is 0 Å². The fourth-order valence-electron chi connectivity index (χ4n) is 3.04. The van der Waals surface area contributed by atoms with E-state index in [2.05, 4.69) is 75.1 Å². The molecule has 2 heteroatoms. The Balaban J connectivity index is 2.41. The molecule has 1 atom stereocenters. The molecule has 0 saturated heterocycles. The molecule has 2 rings (SSSR count). The molecular weight excluding hydrogens is 268 g/mol. The van der Waals surface area contributed by atoms with Crippen molar-refractivity contribution in [1.29, 1.82) is 0 Å². The van der Waals surface area contributed by atoms with Crippen molar-refractivity contribution in [3.05, 3.63) is 64.7 Å². The summed E-state index contributed by atoms with van der Waals surface area (Å²) in [5, 5.41) is 0. The average molecular weight is 296 g/mol. The maximum absolute atomic E-state index is 6.15. The first-order valence-electron chi connectivity index (χ1n) is 8.17. The van der Waals surface area contributed by atoms with Crippen LogP contribution in [0.2, 0.25) is 0 Å². The third kappa shape index (κ3) is 3.69. The Labute approximate surface area is 135 Å². The molecule has 0 aliphatic rings. The number of anilines is 1. The van der Waals surface area contributed by atoms with Gasteiger partial charge in [0.25, 0.3) is 0 Å². The number of nitrogens with two attached hydrogens (primary N) is 1. The van der Waals surface area contributed by atoms with Crippen LogP contribution in [-0.4, -0.2) is 13.1 Å². The quantitative estimate of drug-likeness (QED) is 0.848. The second-order valence-corrected chi connectivity index (χ2v) is 6.15. The molecule has 0 heterocycles. The van der Waals surface area contributed by atoms with Gasteiger partial charge in [-0.15, -0.1) is 0 Å². The molecule has 0 fully saturated rings. The maximum Gasteiger partial charge on any atom is 0.0664 e. The van der Waals surface area contributed by atoms with E-state index in [-0.39, 0.29) is 6.04 Å². The van der Waals surface area contributed by atoms with E-state index in [1.807, 2.05) is 0 Å². The summed E-state index contributed by atoms with van der Waals surface area (Å²) in [7, 11) is 0. The van der Waals surface area contributed by atoms with Gasteiger partial charge in [-0.1, -0.05) is 54.4 Å². The Morgan fingerprint density at radius 1 is 0.955 bits per heavy atom. The Kier molecular flexibility index (Phi) is 5.62. The van der Waals surface area contributed by atoms with Crippen LogP contribution < -0.4 is 10.6 Å². The third-order valence-corrected chi connectivity index (χ3v) is 4.19. The van der Waals surface area contributed by atoms with Crippen molar-refractivity contribution in [1.82, 2.24) is 0 Å². The monoisotopic (exact) mass is 296 g/mol. The van der Waals surface area contributed by atoms with E-state index in [9.17, 15) is 0 Å². The molecule has 22 heavy (non-hydrogen) atoms. The highest BCUT2D eigenvalue weighted by Crippen LogP contribution is 2.30. The molecule has 0 bridgehead atoms. The molecule has 0 aliphatic heterocycles.